The van der Waals surface area contributed by atoms with E-state index in [9.17, 15) is 0 Å². The average molecular weight is 369 g/mol. The predicted molar refractivity (Wildman–Crippen MR) is 89.2 cm³/mol. The first-order chi connectivity index (χ1) is 9.65. The highest BCUT2D eigenvalue weighted by Crippen LogP contribution is 2.32. The second kappa shape index (κ2) is 5.68. The van der Waals surface area contributed by atoms with Gasteiger partial charge in [-0.2, -0.15) is 4.98 Å². The second-order valence-electron chi connectivity index (χ2n) is 4.26. The first-order valence-corrected chi connectivity index (χ1v) is 8.13. The standard InChI is InChI=1S/C14H11BrClN3S/c1-2-10-7-11-12(18-14(16)19-13(11)20-10)17-9-5-3-4-8(15)6-9/h3-7H,2H2,1H3,(H,17,18,19). The van der Waals surface area contributed by atoms with Crippen molar-refractivity contribution in [3.8, 4) is 0 Å². The summed E-state index contributed by atoms with van der Waals surface area (Å²) >= 11 is 11.1. The minimum absolute atomic E-state index is 0.263. The van der Waals surface area contributed by atoms with Gasteiger partial charge in [-0.25, -0.2) is 4.98 Å². The lowest BCUT2D eigenvalue weighted by Gasteiger charge is -2.07. The van der Waals surface area contributed by atoms with Gasteiger partial charge in [-0.15, -0.1) is 11.3 Å². The van der Waals surface area contributed by atoms with Crippen LogP contribution in [-0.4, -0.2) is 9.97 Å². The normalized spacial score (nSPS) is 10.9. The van der Waals surface area contributed by atoms with E-state index in [0.717, 1.165) is 32.6 Å². The molecule has 0 radical (unpaired) electrons. The smallest absolute Gasteiger partial charge is 0.225 e. The van der Waals surface area contributed by atoms with Crippen LogP contribution in [0.15, 0.2) is 34.8 Å². The highest BCUT2D eigenvalue weighted by molar-refractivity contribution is 9.10. The van der Waals surface area contributed by atoms with Crippen LogP contribution in [0.5, 0.6) is 0 Å². The van der Waals surface area contributed by atoms with Crippen LogP contribution >= 0.6 is 38.9 Å². The van der Waals surface area contributed by atoms with Crippen LogP contribution in [0.2, 0.25) is 5.28 Å². The molecule has 2 heterocycles. The van der Waals surface area contributed by atoms with Gasteiger partial charge in [-0.05, 0) is 42.3 Å². The number of aryl methyl sites for hydroxylation is 1. The molecule has 0 aliphatic heterocycles. The van der Waals surface area contributed by atoms with E-state index in [1.807, 2.05) is 24.3 Å². The maximum Gasteiger partial charge on any atom is 0.225 e. The molecule has 0 saturated carbocycles. The Hall–Kier alpha value is -1.17. The number of anilines is 2. The van der Waals surface area contributed by atoms with E-state index < -0.39 is 0 Å². The summed E-state index contributed by atoms with van der Waals surface area (Å²) in [5, 5.41) is 4.58. The molecule has 1 N–H and O–H groups in total. The largest absolute Gasteiger partial charge is 0.340 e. The molecule has 0 fully saturated rings. The van der Waals surface area contributed by atoms with E-state index in [2.05, 4.69) is 44.2 Å². The first-order valence-electron chi connectivity index (χ1n) is 6.14. The highest BCUT2D eigenvalue weighted by atomic mass is 79.9. The number of rotatable bonds is 3. The van der Waals surface area contributed by atoms with Gasteiger partial charge in [0, 0.05) is 15.0 Å². The second-order valence-corrected chi connectivity index (χ2v) is 6.63. The van der Waals surface area contributed by atoms with Crippen LogP contribution in [0.4, 0.5) is 11.5 Å². The van der Waals surface area contributed by atoms with Crippen molar-refractivity contribution >= 4 is 60.6 Å². The number of fused-ring (bicyclic) bond motifs is 1. The number of thiophene rings is 1. The SMILES string of the molecule is CCc1cc2c(Nc3cccc(Br)c3)nc(Cl)nc2s1. The molecular weight excluding hydrogens is 358 g/mol. The lowest BCUT2D eigenvalue weighted by atomic mass is 10.3. The molecule has 0 spiro atoms. The number of aromatic nitrogens is 2. The van der Waals surface area contributed by atoms with Crippen molar-refractivity contribution in [3.63, 3.8) is 0 Å². The fourth-order valence-electron chi connectivity index (χ4n) is 1.92. The molecule has 3 aromatic rings. The molecule has 0 saturated heterocycles. The van der Waals surface area contributed by atoms with Gasteiger partial charge < -0.3 is 5.32 Å². The van der Waals surface area contributed by atoms with Crippen LogP contribution < -0.4 is 5.32 Å². The Bertz CT molecular complexity index is 772. The third-order valence-corrected chi connectivity index (χ3v) is 4.69. The van der Waals surface area contributed by atoms with E-state index in [1.54, 1.807) is 11.3 Å². The average Bonchev–Trinajstić information content (AvgIpc) is 2.82. The molecule has 0 aliphatic rings. The number of benzene rings is 1. The molecule has 0 bridgehead atoms. The molecule has 0 atom stereocenters. The minimum atomic E-state index is 0.263. The van der Waals surface area contributed by atoms with Gasteiger partial charge in [0.1, 0.15) is 10.6 Å². The fourth-order valence-corrected chi connectivity index (χ4v) is 3.50. The summed E-state index contributed by atoms with van der Waals surface area (Å²) in [6.45, 7) is 2.13. The molecule has 0 unspecified atom stereocenters. The lowest BCUT2D eigenvalue weighted by Crippen LogP contribution is -1.95. The Balaban J connectivity index is 2.08. The van der Waals surface area contributed by atoms with Crippen LogP contribution in [0.25, 0.3) is 10.2 Å². The monoisotopic (exact) mass is 367 g/mol. The van der Waals surface area contributed by atoms with Crippen LogP contribution in [0.1, 0.15) is 11.8 Å². The number of hydrogen-bond donors (Lipinski definition) is 1. The molecule has 0 aliphatic carbocycles. The molecule has 3 rings (SSSR count). The molecule has 2 aromatic heterocycles. The lowest BCUT2D eigenvalue weighted by molar-refractivity contribution is 1.19. The number of hydrogen-bond acceptors (Lipinski definition) is 4. The predicted octanol–water partition coefficient (Wildman–Crippen LogP) is 5.41. The van der Waals surface area contributed by atoms with E-state index in [0.29, 0.717) is 0 Å². The van der Waals surface area contributed by atoms with Crippen molar-refractivity contribution < 1.29 is 0 Å². The van der Waals surface area contributed by atoms with Crippen molar-refractivity contribution in [1.29, 1.82) is 0 Å². The first kappa shape index (κ1) is 13.8. The Morgan fingerprint density at radius 2 is 2.15 bits per heavy atom. The van der Waals surface area contributed by atoms with Crippen molar-refractivity contribution in [3.05, 3.63) is 45.0 Å². The zero-order valence-corrected chi connectivity index (χ0v) is 13.8. The highest BCUT2D eigenvalue weighted by Gasteiger charge is 2.10. The van der Waals surface area contributed by atoms with E-state index >= 15 is 0 Å². The molecule has 6 heteroatoms. The van der Waals surface area contributed by atoms with Crippen LogP contribution in [0, 0.1) is 0 Å². The van der Waals surface area contributed by atoms with Crippen molar-refractivity contribution in [2.45, 2.75) is 13.3 Å². The van der Waals surface area contributed by atoms with Gasteiger partial charge in [-0.1, -0.05) is 28.9 Å². The van der Waals surface area contributed by atoms with Gasteiger partial charge in [-0.3, -0.25) is 0 Å². The van der Waals surface area contributed by atoms with E-state index in [4.69, 9.17) is 11.6 Å². The van der Waals surface area contributed by atoms with Gasteiger partial charge in [0.15, 0.2) is 0 Å². The summed E-state index contributed by atoms with van der Waals surface area (Å²) in [7, 11) is 0. The summed E-state index contributed by atoms with van der Waals surface area (Å²) in [5.41, 5.74) is 0.958. The summed E-state index contributed by atoms with van der Waals surface area (Å²) in [5.74, 6) is 0.744. The minimum Gasteiger partial charge on any atom is -0.340 e. The zero-order chi connectivity index (χ0) is 14.1. The van der Waals surface area contributed by atoms with Gasteiger partial charge >= 0.3 is 0 Å². The molecule has 1 aromatic carbocycles. The van der Waals surface area contributed by atoms with E-state index in [-0.39, 0.29) is 5.28 Å². The van der Waals surface area contributed by atoms with Gasteiger partial charge in [0.2, 0.25) is 5.28 Å². The Kier molecular flexibility index (Phi) is 3.92. The maximum atomic E-state index is 6.01. The van der Waals surface area contributed by atoms with Gasteiger partial charge in [0.05, 0.1) is 5.39 Å². The third-order valence-electron chi connectivity index (χ3n) is 2.85. The molecule has 0 amide bonds. The van der Waals surface area contributed by atoms with Crippen LogP contribution in [-0.2, 0) is 6.42 Å². The summed E-state index contributed by atoms with van der Waals surface area (Å²) < 4.78 is 1.01. The van der Waals surface area contributed by atoms with Gasteiger partial charge in [0.25, 0.3) is 0 Å². The third kappa shape index (κ3) is 2.80. The summed E-state index contributed by atoms with van der Waals surface area (Å²) in [6, 6.07) is 10.1. The Morgan fingerprint density at radius 1 is 1.30 bits per heavy atom. The zero-order valence-electron chi connectivity index (χ0n) is 10.7. The summed E-state index contributed by atoms with van der Waals surface area (Å²) in [6.07, 6.45) is 0.981. The summed E-state index contributed by atoms with van der Waals surface area (Å²) in [4.78, 5) is 10.8. The molecule has 3 nitrogen and oxygen atoms in total. The Labute approximate surface area is 134 Å². The molecular formula is C14H11BrClN3S. The Morgan fingerprint density at radius 3 is 2.90 bits per heavy atom. The molecule has 20 heavy (non-hydrogen) atoms. The van der Waals surface area contributed by atoms with Crippen molar-refractivity contribution in [2.24, 2.45) is 0 Å². The fraction of sp³-hybridized carbons (Fsp3) is 0.143. The number of nitrogens with zero attached hydrogens (tertiary/aromatic N) is 2. The quantitative estimate of drug-likeness (QED) is 0.628. The number of halogens is 2. The number of nitrogens with one attached hydrogen (secondary N) is 1. The maximum absolute atomic E-state index is 6.01. The van der Waals surface area contributed by atoms with E-state index in [1.165, 1.54) is 4.88 Å². The topological polar surface area (TPSA) is 37.8 Å². The van der Waals surface area contributed by atoms with Crippen LogP contribution in [0.3, 0.4) is 0 Å². The van der Waals surface area contributed by atoms with Crippen molar-refractivity contribution in [1.82, 2.24) is 9.97 Å². The molecule has 102 valence electrons. The van der Waals surface area contributed by atoms with Crippen molar-refractivity contribution in [2.75, 3.05) is 5.32 Å².